The highest BCUT2D eigenvalue weighted by molar-refractivity contribution is 6.29. The molecule has 0 atom stereocenters. The molecule has 0 spiro atoms. The predicted octanol–water partition coefficient (Wildman–Crippen LogP) is 4.10. The van der Waals surface area contributed by atoms with Gasteiger partial charge in [-0.25, -0.2) is 9.97 Å². The van der Waals surface area contributed by atoms with E-state index in [4.69, 9.17) is 11.6 Å². The average Bonchev–Trinajstić information content (AvgIpc) is 2.73. The topological polar surface area (TPSA) is 30.7 Å². The fraction of sp³-hybridized carbons (Fsp3) is 0.429. The summed E-state index contributed by atoms with van der Waals surface area (Å²) >= 11 is 5.79. The molecule has 0 unspecified atom stereocenters. The molecular formula is C14H18ClN3. The van der Waals surface area contributed by atoms with Crippen LogP contribution in [-0.2, 0) is 6.54 Å². The lowest BCUT2D eigenvalue weighted by Gasteiger charge is -2.05. The van der Waals surface area contributed by atoms with Crippen molar-refractivity contribution in [1.29, 1.82) is 0 Å². The molecule has 0 bridgehead atoms. The third-order valence-corrected chi connectivity index (χ3v) is 3.33. The minimum atomic E-state index is 0.513. The van der Waals surface area contributed by atoms with Crippen LogP contribution in [0.15, 0.2) is 24.7 Å². The van der Waals surface area contributed by atoms with Gasteiger partial charge in [-0.3, -0.25) is 0 Å². The Morgan fingerprint density at radius 2 is 2.06 bits per heavy atom. The molecule has 2 aromatic rings. The van der Waals surface area contributed by atoms with Gasteiger partial charge in [-0.2, -0.15) is 0 Å². The second-order valence-corrected chi connectivity index (χ2v) is 4.84. The van der Waals surface area contributed by atoms with Gasteiger partial charge in [0.1, 0.15) is 5.15 Å². The maximum atomic E-state index is 5.79. The zero-order chi connectivity index (χ0) is 13.0. The molecule has 0 aliphatic rings. The van der Waals surface area contributed by atoms with Crippen molar-refractivity contribution in [2.24, 2.45) is 0 Å². The second kappa shape index (κ2) is 6.01. The Balaban J connectivity index is 2.17. The molecule has 0 radical (unpaired) electrons. The summed E-state index contributed by atoms with van der Waals surface area (Å²) in [6, 6.07) is 3.76. The maximum absolute atomic E-state index is 5.79. The molecule has 2 aromatic heterocycles. The molecule has 3 nitrogen and oxygen atoms in total. The molecule has 0 aromatic carbocycles. The summed E-state index contributed by atoms with van der Waals surface area (Å²) in [6.45, 7) is 5.35. The maximum Gasteiger partial charge on any atom is 0.129 e. The number of pyridine rings is 1. The first-order chi connectivity index (χ1) is 8.72. The number of hydrogen-bond acceptors (Lipinski definition) is 2. The third kappa shape index (κ3) is 2.91. The van der Waals surface area contributed by atoms with Gasteiger partial charge in [0.25, 0.3) is 0 Å². The summed E-state index contributed by atoms with van der Waals surface area (Å²) < 4.78 is 2.21. The van der Waals surface area contributed by atoms with E-state index in [0.29, 0.717) is 5.15 Å². The molecule has 4 heteroatoms. The number of halogens is 1. The number of rotatable bonds is 5. The molecule has 18 heavy (non-hydrogen) atoms. The Kier molecular flexibility index (Phi) is 4.37. The van der Waals surface area contributed by atoms with Crippen LogP contribution in [0, 0.1) is 6.92 Å². The summed E-state index contributed by atoms with van der Waals surface area (Å²) in [4.78, 5) is 8.57. The predicted molar refractivity (Wildman–Crippen MR) is 74.7 cm³/mol. The molecule has 0 fully saturated rings. The van der Waals surface area contributed by atoms with E-state index in [-0.39, 0.29) is 0 Å². The van der Waals surface area contributed by atoms with Gasteiger partial charge in [-0.1, -0.05) is 31.4 Å². The zero-order valence-corrected chi connectivity index (χ0v) is 11.6. The lowest BCUT2D eigenvalue weighted by molar-refractivity contribution is 0.593. The van der Waals surface area contributed by atoms with E-state index < -0.39 is 0 Å². The molecule has 2 rings (SSSR count). The summed E-state index contributed by atoms with van der Waals surface area (Å²) in [5.74, 6) is 0. The summed E-state index contributed by atoms with van der Waals surface area (Å²) in [5.41, 5.74) is 3.21. The van der Waals surface area contributed by atoms with Crippen LogP contribution in [0.3, 0.4) is 0 Å². The van der Waals surface area contributed by atoms with E-state index >= 15 is 0 Å². The van der Waals surface area contributed by atoms with Gasteiger partial charge in [-0.15, -0.1) is 0 Å². The Labute approximate surface area is 113 Å². The monoisotopic (exact) mass is 263 g/mol. The first-order valence-electron chi connectivity index (χ1n) is 6.36. The minimum absolute atomic E-state index is 0.513. The van der Waals surface area contributed by atoms with Crippen LogP contribution in [0.25, 0.3) is 11.3 Å². The molecule has 96 valence electrons. The largest absolute Gasteiger partial charge is 0.334 e. The van der Waals surface area contributed by atoms with E-state index in [1.54, 1.807) is 12.3 Å². The average molecular weight is 264 g/mol. The van der Waals surface area contributed by atoms with Crippen LogP contribution < -0.4 is 0 Å². The third-order valence-electron chi connectivity index (χ3n) is 3.10. The quantitative estimate of drug-likeness (QED) is 0.601. The Morgan fingerprint density at radius 1 is 1.22 bits per heavy atom. The molecule has 0 saturated carbocycles. The highest BCUT2D eigenvalue weighted by Crippen LogP contribution is 2.22. The van der Waals surface area contributed by atoms with Crippen LogP contribution in [0.1, 0.15) is 31.9 Å². The van der Waals surface area contributed by atoms with E-state index in [2.05, 4.69) is 28.4 Å². The van der Waals surface area contributed by atoms with Crippen LogP contribution in [0.5, 0.6) is 0 Å². The molecule has 2 heterocycles. The highest BCUT2D eigenvalue weighted by Gasteiger charge is 2.08. The van der Waals surface area contributed by atoms with Gasteiger partial charge in [-0.05, 0) is 25.5 Å². The number of unbranched alkanes of at least 4 members (excludes halogenated alkanes) is 2. The smallest absolute Gasteiger partial charge is 0.129 e. The van der Waals surface area contributed by atoms with Crippen molar-refractivity contribution in [3.63, 3.8) is 0 Å². The van der Waals surface area contributed by atoms with E-state index in [9.17, 15) is 0 Å². The lowest BCUT2D eigenvalue weighted by Crippen LogP contribution is -1.98. The number of aryl methyl sites for hydroxylation is 1. The molecule has 0 N–H and O–H groups in total. The first-order valence-corrected chi connectivity index (χ1v) is 6.74. The molecule has 0 amide bonds. The van der Waals surface area contributed by atoms with E-state index in [0.717, 1.165) is 17.8 Å². The Hall–Kier alpha value is -1.35. The van der Waals surface area contributed by atoms with Crippen molar-refractivity contribution in [1.82, 2.24) is 14.5 Å². The van der Waals surface area contributed by atoms with Crippen LogP contribution in [0.4, 0.5) is 0 Å². The fourth-order valence-corrected chi connectivity index (χ4v) is 2.11. The van der Waals surface area contributed by atoms with E-state index in [1.165, 1.54) is 25.0 Å². The summed E-state index contributed by atoms with van der Waals surface area (Å²) in [6.07, 6.45) is 7.38. The second-order valence-electron chi connectivity index (χ2n) is 4.45. The number of imidazole rings is 1. The zero-order valence-electron chi connectivity index (χ0n) is 10.9. The number of aromatic nitrogens is 3. The number of hydrogen-bond donors (Lipinski definition) is 0. The van der Waals surface area contributed by atoms with Crippen LogP contribution in [0.2, 0.25) is 5.15 Å². The van der Waals surface area contributed by atoms with Gasteiger partial charge < -0.3 is 4.57 Å². The van der Waals surface area contributed by atoms with Crippen LogP contribution in [-0.4, -0.2) is 14.5 Å². The summed E-state index contributed by atoms with van der Waals surface area (Å²) in [7, 11) is 0. The molecule has 0 aliphatic carbocycles. The van der Waals surface area contributed by atoms with Gasteiger partial charge in [0.05, 0.1) is 12.0 Å². The standard InChI is InChI=1S/C14H18ClN3/c1-3-4-5-8-18-10-17-14(11(18)2)12-6-7-13(15)16-9-12/h6-7,9-10H,3-5,8H2,1-2H3. The molecular weight excluding hydrogens is 246 g/mol. The van der Waals surface area contributed by atoms with Gasteiger partial charge in [0.2, 0.25) is 0 Å². The molecule has 0 aliphatic heterocycles. The number of nitrogens with zero attached hydrogens (tertiary/aromatic N) is 3. The SMILES string of the molecule is CCCCCn1cnc(-c2ccc(Cl)nc2)c1C. The van der Waals surface area contributed by atoms with E-state index in [1.807, 2.05) is 12.4 Å². The molecule has 0 saturated heterocycles. The minimum Gasteiger partial charge on any atom is -0.334 e. The Bertz CT molecular complexity index is 502. The van der Waals surface area contributed by atoms with Crippen molar-refractivity contribution < 1.29 is 0 Å². The van der Waals surface area contributed by atoms with Crippen molar-refractivity contribution in [3.05, 3.63) is 35.5 Å². The first kappa shape index (κ1) is 13.1. The summed E-state index contributed by atoms with van der Waals surface area (Å²) in [5, 5.41) is 0.513. The fourth-order valence-electron chi connectivity index (χ4n) is 2.00. The van der Waals surface area contributed by atoms with Crippen LogP contribution >= 0.6 is 11.6 Å². The normalized spacial score (nSPS) is 10.8. The van der Waals surface area contributed by atoms with Gasteiger partial charge in [0.15, 0.2) is 0 Å². The van der Waals surface area contributed by atoms with Crippen molar-refractivity contribution in [2.45, 2.75) is 39.7 Å². The Morgan fingerprint density at radius 3 is 2.72 bits per heavy atom. The van der Waals surface area contributed by atoms with Crippen molar-refractivity contribution >= 4 is 11.6 Å². The van der Waals surface area contributed by atoms with Crippen molar-refractivity contribution in [2.75, 3.05) is 0 Å². The lowest BCUT2D eigenvalue weighted by atomic mass is 10.2. The van der Waals surface area contributed by atoms with Crippen molar-refractivity contribution in [3.8, 4) is 11.3 Å². The highest BCUT2D eigenvalue weighted by atomic mass is 35.5. The van der Waals surface area contributed by atoms with Gasteiger partial charge in [0, 0.05) is 24.0 Å². The van der Waals surface area contributed by atoms with Gasteiger partial charge >= 0.3 is 0 Å².